The van der Waals surface area contributed by atoms with E-state index in [1.807, 2.05) is 0 Å². The molecule has 0 bridgehead atoms. The summed E-state index contributed by atoms with van der Waals surface area (Å²) in [6.07, 6.45) is 90.7. The van der Waals surface area contributed by atoms with E-state index in [1.54, 1.807) is 0 Å². The molecule has 0 amide bonds. The van der Waals surface area contributed by atoms with Crippen LogP contribution in [0.25, 0.3) is 0 Å². The van der Waals surface area contributed by atoms with Gasteiger partial charge in [-0.1, -0.05) is 365 Å². The monoisotopic (exact) mass is 1170 g/mol. The molecular weight excluding hydrogens is 1020 g/mol. The van der Waals surface area contributed by atoms with Crippen molar-refractivity contribution >= 4 is 17.9 Å². The Morgan fingerprint density at radius 1 is 0.241 bits per heavy atom. The van der Waals surface area contributed by atoms with Crippen LogP contribution in [0.2, 0.25) is 0 Å². The Balaban J connectivity index is 4.07. The Kier molecular flexibility index (Phi) is 70.0. The lowest BCUT2D eigenvalue weighted by molar-refractivity contribution is -0.167. The standard InChI is InChI=1S/C77H144O6/c1-4-7-10-13-16-19-22-24-26-28-30-32-34-35-36-37-38-39-40-41-42-44-45-47-49-51-53-55-58-61-64-67-70-76(79)82-73-74(72-81-75(78)69-66-63-60-57-21-18-15-12-9-6-3)83-77(80)71-68-65-62-59-56-54-52-50-48-46-43-33-31-29-27-25-23-20-17-14-11-8-5-2/h12,15,23,25,29,31,74H,4-11,13-14,16-22,24,26-28,30,32-73H2,1-3H3/b15-12-,25-23-,31-29-. The fraction of sp³-hybridized carbons (Fsp3) is 0.883. The second-order valence-electron chi connectivity index (χ2n) is 25.6. The lowest BCUT2D eigenvalue weighted by Gasteiger charge is -2.18. The SMILES string of the molecule is CCC/C=C\CCCCCCCC(=O)OCC(COC(=O)CCCCCCCCCCCCCCCCCCCCCCCCCCCCCCCCCC)OC(=O)CCCCCCCCCCCCC/C=C\C/C=C\CCCCCCC. The lowest BCUT2D eigenvalue weighted by atomic mass is 10.0. The van der Waals surface area contributed by atoms with Gasteiger partial charge in [0.1, 0.15) is 13.2 Å². The maximum Gasteiger partial charge on any atom is 0.306 e. The van der Waals surface area contributed by atoms with Crippen LogP contribution in [0.15, 0.2) is 36.5 Å². The van der Waals surface area contributed by atoms with E-state index in [0.717, 1.165) is 77.0 Å². The molecule has 0 N–H and O–H groups in total. The molecule has 6 nitrogen and oxygen atoms in total. The maximum absolute atomic E-state index is 12.9. The van der Waals surface area contributed by atoms with Gasteiger partial charge in [-0.25, -0.2) is 0 Å². The predicted molar refractivity (Wildman–Crippen MR) is 362 cm³/mol. The van der Waals surface area contributed by atoms with Crippen molar-refractivity contribution < 1.29 is 28.6 Å². The third kappa shape index (κ3) is 70.3. The normalized spacial score (nSPS) is 12.2. The molecule has 0 saturated carbocycles. The average Bonchev–Trinajstić information content (AvgIpc) is 3.49. The summed E-state index contributed by atoms with van der Waals surface area (Å²) in [5.74, 6) is -0.857. The van der Waals surface area contributed by atoms with Gasteiger partial charge in [0.15, 0.2) is 6.10 Å². The van der Waals surface area contributed by atoms with Crippen molar-refractivity contribution in [2.45, 2.75) is 425 Å². The lowest BCUT2D eigenvalue weighted by Crippen LogP contribution is -2.30. The summed E-state index contributed by atoms with van der Waals surface area (Å²) >= 11 is 0. The zero-order valence-corrected chi connectivity index (χ0v) is 56.2. The topological polar surface area (TPSA) is 78.9 Å². The minimum Gasteiger partial charge on any atom is -0.462 e. The summed E-state index contributed by atoms with van der Waals surface area (Å²) < 4.78 is 17.0. The molecule has 1 unspecified atom stereocenters. The van der Waals surface area contributed by atoms with Gasteiger partial charge in [-0.05, 0) is 70.6 Å². The van der Waals surface area contributed by atoms with Crippen LogP contribution in [-0.2, 0) is 28.6 Å². The fourth-order valence-corrected chi connectivity index (χ4v) is 11.5. The second-order valence-corrected chi connectivity index (χ2v) is 25.6. The summed E-state index contributed by atoms with van der Waals surface area (Å²) in [5, 5.41) is 0. The molecule has 0 rings (SSSR count). The van der Waals surface area contributed by atoms with Crippen molar-refractivity contribution in [3.8, 4) is 0 Å². The minimum atomic E-state index is -0.775. The molecule has 6 heteroatoms. The van der Waals surface area contributed by atoms with E-state index in [4.69, 9.17) is 14.2 Å². The zero-order chi connectivity index (χ0) is 59.9. The highest BCUT2D eigenvalue weighted by atomic mass is 16.6. The van der Waals surface area contributed by atoms with Crippen molar-refractivity contribution in [1.82, 2.24) is 0 Å². The molecule has 0 aromatic rings. The third-order valence-corrected chi connectivity index (χ3v) is 17.1. The third-order valence-electron chi connectivity index (χ3n) is 17.1. The van der Waals surface area contributed by atoms with Gasteiger partial charge in [-0.3, -0.25) is 14.4 Å². The number of hydrogen-bond acceptors (Lipinski definition) is 6. The van der Waals surface area contributed by atoms with E-state index in [2.05, 4.69) is 57.2 Å². The van der Waals surface area contributed by atoms with Gasteiger partial charge in [0, 0.05) is 19.3 Å². The first-order chi connectivity index (χ1) is 41.0. The molecule has 0 saturated heterocycles. The second kappa shape index (κ2) is 72.1. The first-order valence-electron chi connectivity index (χ1n) is 37.5. The van der Waals surface area contributed by atoms with Crippen LogP contribution in [0.1, 0.15) is 419 Å². The Bertz CT molecular complexity index is 1380. The van der Waals surface area contributed by atoms with Crippen molar-refractivity contribution in [3.05, 3.63) is 36.5 Å². The van der Waals surface area contributed by atoms with Gasteiger partial charge in [-0.15, -0.1) is 0 Å². The van der Waals surface area contributed by atoms with Crippen LogP contribution in [0, 0.1) is 0 Å². The van der Waals surface area contributed by atoms with Crippen molar-refractivity contribution in [3.63, 3.8) is 0 Å². The average molecular weight is 1170 g/mol. The van der Waals surface area contributed by atoms with Gasteiger partial charge >= 0.3 is 17.9 Å². The first-order valence-corrected chi connectivity index (χ1v) is 37.5. The number of unbranched alkanes of at least 4 members (excludes halogenated alkanes) is 53. The molecule has 0 aromatic heterocycles. The Morgan fingerprint density at radius 2 is 0.458 bits per heavy atom. The number of carbonyl (C=O) groups is 3. The van der Waals surface area contributed by atoms with E-state index < -0.39 is 6.10 Å². The highest BCUT2D eigenvalue weighted by molar-refractivity contribution is 5.71. The van der Waals surface area contributed by atoms with Crippen LogP contribution in [0.5, 0.6) is 0 Å². The predicted octanol–water partition coefficient (Wildman–Crippen LogP) is 25.9. The molecule has 83 heavy (non-hydrogen) atoms. The quantitative estimate of drug-likeness (QED) is 0.0261. The van der Waals surface area contributed by atoms with Crippen molar-refractivity contribution in [2.24, 2.45) is 0 Å². The van der Waals surface area contributed by atoms with Crippen LogP contribution >= 0.6 is 0 Å². The van der Waals surface area contributed by atoms with E-state index >= 15 is 0 Å². The fourth-order valence-electron chi connectivity index (χ4n) is 11.5. The molecule has 0 aromatic carbocycles. The number of esters is 3. The highest BCUT2D eigenvalue weighted by Gasteiger charge is 2.20. The van der Waals surface area contributed by atoms with Crippen LogP contribution in [0.3, 0.4) is 0 Å². The number of hydrogen-bond donors (Lipinski definition) is 0. The number of allylic oxidation sites excluding steroid dienone is 6. The van der Waals surface area contributed by atoms with Crippen molar-refractivity contribution in [2.75, 3.05) is 13.2 Å². The summed E-state index contributed by atoms with van der Waals surface area (Å²) in [4.78, 5) is 38.4. The van der Waals surface area contributed by atoms with E-state index in [9.17, 15) is 14.4 Å². The largest absolute Gasteiger partial charge is 0.462 e. The van der Waals surface area contributed by atoms with Gasteiger partial charge in [0.05, 0.1) is 0 Å². The molecule has 0 radical (unpaired) electrons. The first kappa shape index (κ1) is 80.6. The van der Waals surface area contributed by atoms with Crippen LogP contribution in [0.4, 0.5) is 0 Å². The van der Waals surface area contributed by atoms with Crippen LogP contribution in [-0.4, -0.2) is 37.2 Å². The molecular formula is C77H144O6. The van der Waals surface area contributed by atoms with Gasteiger partial charge in [0.2, 0.25) is 0 Å². The number of ether oxygens (including phenoxy) is 3. The van der Waals surface area contributed by atoms with Crippen molar-refractivity contribution in [1.29, 1.82) is 0 Å². The molecule has 0 fully saturated rings. The minimum absolute atomic E-state index is 0.0710. The van der Waals surface area contributed by atoms with Crippen LogP contribution < -0.4 is 0 Å². The molecule has 1 atom stereocenters. The maximum atomic E-state index is 12.9. The highest BCUT2D eigenvalue weighted by Crippen LogP contribution is 2.19. The van der Waals surface area contributed by atoms with Gasteiger partial charge in [0.25, 0.3) is 0 Å². The number of carbonyl (C=O) groups excluding carboxylic acids is 3. The molecule has 0 heterocycles. The van der Waals surface area contributed by atoms with E-state index in [-0.39, 0.29) is 31.1 Å². The summed E-state index contributed by atoms with van der Waals surface area (Å²) in [5.41, 5.74) is 0. The Morgan fingerprint density at radius 3 is 0.723 bits per heavy atom. The Hall–Kier alpha value is -2.37. The summed E-state index contributed by atoms with van der Waals surface area (Å²) in [7, 11) is 0. The molecule has 0 aliphatic heterocycles. The molecule has 488 valence electrons. The summed E-state index contributed by atoms with van der Waals surface area (Å²) in [6.45, 7) is 6.63. The van der Waals surface area contributed by atoms with E-state index in [0.29, 0.717) is 19.3 Å². The smallest absolute Gasteiger partial charge is 0.306 e. The zero-order valence-electron chi connectivity index (χ0n) is 56.2. The molecule has 0 aliphatic rings. The molecule has 0 aliphatic carbocycles. The summed E-state index contributed by atoms with van der Waals surface area (Å²) in [6, 6.07) is 0. The van der Waals surface area contributed by atoms with E-state index in [1.165, 1.54) is 302 Å². The number of rotatable bonds is 70. The van der Waals surface area contributed by atoms with Gasteiger partial charge in [-0.2, -0.15) is 0 Å². The Labute approximate surface area is 518 Å². The molecule has 0 spiro atoms. The van der Waals surface area contributed by atoms with Gasteiger partial charge < -0.3 is 14.2 Å².